The molecule has 0 aromatic rings. The Bertz CT molecular complexity index is 159. The normalized spacial score (nSPS) is 29.8. The second kappa shape index (κ2) is 4.45. The molecule has 3 nitrogen and oxygen atoms in total. The lowest BCUT2D eigenvalue weighted by Gasteiger charge is -2.28. The maximum absolute atomic E-state index is 11.3. The summed E-state index contributed by atoms with van der Waals surface area (Å²) < 4.78 is 4.73. The van der Waals surface area contributed by atoms with E-state index in [2.05, 4.69) is 0 Å². The van der Waals surface area contributed by atoms with Crippen LogP contribution in [0.2, 0.25) is 0 Å². The van der Waals surface area contributed by atoms with Crippen molar-refractivity contribution < 1.29 is 9.53 Å². The topological polar surface area (TPSA) is 52.3 Å². The molecule has 1 rings (SSSR count). The molecule has 2 atom stereocenters. The molecule has 0 saturated heterocycles. The summed E-state index contributed by atoms with van der Waals surface area (Å²) in [6, 6.07) is 0. The first kappa shape index (κ1) is 9.52. The van der Waals surface area contributed by atoms with Gasteiger partial charge < -0.3 is 10.5 Å². The second-order valence-corrected chi connectivity index (χ2v) is 3.41. The summed E-state index contributed by atoms with van der Waals surface area (Å²) in [5.41, 5.74) is 5.58. The fourth-order valence-electron chi connectivity index (χ4n) is 1.95. The summed E-state index contributed by atoms with van der Waals surface area (Å²) in [6.07, 6.45) is 4.37. The van der Waals surface area contributed by atoms with Crippen LogP contribution in [0.1, 0.15) is 25.7 Å². The molecule has 0 heterocycles. The highest BCUT2D eigenvalue weighted by Gasteiger charge is 2.30. The van der Waals surface area contributed by atoms with Gasteiger partial charge in [0.05, 0.1) is 13.0 Å². The van der Waals surface area contributed by atoms with Crippen LogP contribution in [0.3, 0.4) is 0 Å². The molecule has 0 radical (unpaired) electrons. The summed E-state index contributed by atoms with van der Waals surface area (Å²) in [7, 11) is 1.45. The molecule has 12 heavy (non-hydrogen) atoms. The molecule has 1 fully saturated rings. The van der Waals surface area contributed by atoms with Crippen molar-refractivity contribution in [2.75, 3.05) is 13.7 Å². The van der Waals surface area contributed by atoms with Crippen LogP contribution in [-0.4, -0.2) is 19.6 Å². The smallest absolute Gasteiger partial charge is 0.308 e. The molecule has 0 amide bonds. The van der Waals surface area contributed by atoms with Crippen molar-refractivity contribution >= 4 is 5.97 Å². The van der Waals surface area contributed by atoms with Gasteiger partial charge in [0.2, 0.25) is 0 Å². The highest BCUT2D eigenvalue weighted by atomic mass is 16.5. The summed E-state index contributed by atoms with van der Waals surface area (Å²) in [6.45, 7) is 0.611. The Balaban J connectivity index is 2.52. The zero-order valence-electron chi connectivity index (χ0n) is 7.58. The van der Waals surface area contributed by atoms with Crippen LogP contribution in [-0.2, 0) is 9.53 Å². The van der Waals surface area contributed by atoms with Gasteiger partial charge in [-0.3, -0.25) is 4.79 Å². The molecule has 0 aromatic heterocycles. The number of hydrogen-bond acceptors (Lipinski definition) is 3. The van der Waals surface area contributed by atoms with Gasteiger partial charge in [0.15, 0.2) is 0 Å². The number of rotatable bonds is 2. The molecule has 3 heteroatoms. The maximum Gasteiger partial charge on any atom is 0.308 e. The van der Waals surface area contributed by atoms with E-state index < -0.39 is 0 Å². The number of nitrogens with two attached hydrogens (primary N) is 1. The summed E-state index contributed by atoms with van der Waals surface area (Å²) in [5.74, 6) is 0.338. The quantitative estimate of drug-likeness (QED) is 0.629. The average Bonchev–Trinajstić information content (AvgIpc) is 2.16. The lowest BCUT2D eigenvalue weighted by atomic mass is 9.79. The van der Waals surface area contributed by atoms with Crippen molar-refractivity contribution in [2.24, 2.45) is 17.6 Å². The Labute approximate surface area is 73.3 Å². The lowest BCUT2D eigenvalue weighted by molar-refractivity contribution is -0.148. The molecule has 0 aliphatic heterocycles. The number of hydrogen-bond donors (Lipinski definition) is 1. The third kappa shape index (κ3) is 1.97. The first-order valence-corrected chi connectivity index (χ1v) is 4.57. The van der Waals surface area contributed by atoms with Crippen molar-refractivity contribution in [3.8, 4) is 0 Å². The summed E-state index contributed by atoms with van der Waals surface area (Å²) in [5, 5.41) is 0. The van der Waals surface area contributed by atoms with Gasteiger partial charge in [-0.2, -0.15) is 0 Å². The van der Waals surface area contributed by atoms with Crippen molar-refractivity contribution in [1.29, 1.82) is 0 Å². The number of carbonyl (C=O) groups excluding carboxylic acids is 1. The van der Waals surface area contributed by atoms with Crippen molar-refractivity contribution in [3.05, 3.63) is 0 Å². The first-order valence-electron chi connectivity index (χ1n) is 4.57. The van der Waals surface area contributed by atoms with E-state index in [1.807, 2.05) is 0 Å². The predicted molar refractivity (Wildman–Crippen MR) is 46.5 cm³/mol. The van der Waals surface area contributed by atoms with E-state index in [4.69, 9.17) is 10.5 Å². The molecule has 0 aromatic carbocycles. The Hall–Kier alpha value is -0.570. The lowest BCUT2D eigenvalue weighted by Crippen LogP contribution is -2.32. The third-order valence-corrected chi connectivity index (χ3v) is 2.72. The van der Waals surface area contributed by atoms with E-state index in [0.29, 0.717) is 12.5 Å². The van der Waals surface area contributed by atoms with E-state index in [1.54, 1.807) is 0 Å². The Morgan fingerprint density at radius 2 is 2.17 bits per heavy atom. The molecular formula is C9H17NO2. The fraction of sp³-hybridized carbons (Fsp3) is 0.889. The SMILES string of the molecule is COC(=O)[C@H]1CCCC[C@@H]1CN. The van der Waals surface area contributed by atoms with Crippen LogP contribution < -0.4 is 5.73 Å². The maximum atomic E-state index is 11.3. The Morgan fingerprint density at radius 1 is 1.50 bits per heavy atom. The molecule has 2 N–H and O–H groups in total. The Kier molecular flexibility index (Phi) is 3.53. The first-order chi connectivity index (χ1) is 5.79. The van der Waals surface area contributed by atoms with Crippen molar-refractivity contribution in [3.63, 3.8) is 0 Å². The zero-order chi connectivity index (χ0) is 8.97. The molecule has 0 spiro atoms. The number of esters is 1. The van der Waals surface area contributed by atoms with Gasteiger partial charge in [0, 0.05) is 0 Å². The van der Waals surface area contributed by atoms with Crippen molar-refractivity contribution in [2.45, 2.75) is 25.7 Å². The van der Waals surface area contributed by atoms with E-state index in [9.17, 15) is 4.79 Å². The standard InChI is InChI=1S/C9H17NO2/c1-12-9(11)8-5-3-2-4-7(8)6-10/h7-8H,2-6,10H2,1H3/t7-,8+/m1/s1. The van der Waals surface area contributed by atoms with Crippen molar-refractivity contribution in [1.82, 2.24) is 0 Å². The monoisotopic (exact) mass is 171 g/mol. The van der Waals surface area contributed by atoms with E-state index in [0.717, 1.165) is 19.3 Å². The summed E-state index contributed by atoms with van der Waals surface area (Å²) in [4.78, 5) is 11.3. The van der Waals surface area contributed by atoms with Crippen LogP contribution in [0.15, 0.2) is 0 Å². The minimum atomic E-state index is -0.0786. The predicted octanol–water partition coefficient (Wildman–Crippen LogP) is 0.924. The van der Waals surface area contributed by atoms with Gasteiger partial charge in [-0.15, -0.1) is 0 Å². The number of methoxy groups -OCH3 is 1. The van der Waals surface area contributed by atoms with Gasteiger partial charge in [-0.1, -0.05) is 12.8 Å². The Morgan fingerprint density at radius 3 is 2.75 bits per heavy atom. The summed E-state index contributed by atoms with van der Waals surface area (Å²) >= 11 is 0. The van der Waals surface area contributed by atoms with E-state index in [-0.39, 0.29) is 11.9 Å². The van der Waals surface area contributed by atoms with Crippen LogP contribution >= 0.6 is 0 Å². The number of ether oxygens (including phenoxy) is 1. The van der Waals surface area contributed by atoms with Gasteiger partial charge in [-0.25, -0.2) is 0 Å². The molecule has 70 valence electrons. The van der Waals surface area contributed by atoms with E-state index in [1.165, 1.54) is 13.5 Å². The zero-order valence-corrected chi connectivity index (χ0v) is 7.58. The second-order valence-electron chi connectivity index (χ2n) is 3.41. The minimum Gasteiger partial charge on any atom is -0.469 e. The molecule has 1 aliphatic rings. The van der Waals surface area contributed by atoms with Crippen LogP contribution in [0.25, 0.3) is 0 Å². The molecular weight excluding hydrogens is 154 g/mol. The largest absolute Gasteiger partial charge is 0.469 e. The van der Waals surface area contributed by atoms with Gasteiger partial charge in [0.25, 0.3) is 0 Å². The van der Waals surface area contributed by atoms with Gasteiger partial charge >= 0.3 is 5.97 Å². The van der Waals surface area contributed by atoms with Crippen LogP contribution in [0.5, 0.6) is 0 Å². The molecule has 0 unspecified atom stereocenters. The highest BCUT2D eigenvalue weighted by Crippen LogP contribution is 2.29. The van der Waals surface area contributed by atoms with Gasteiger partial charge in [0.1, 0.15) is 0 Å². The van der Waals surface area contributed by atoms with Crippen LogP contribution in [0, 0.1) is 11.8 Å². The van der Waals surface area contributed by atoms with Gasteiger partial charge in [-0.05, 0) is 25.3 Å². The highest BCUT2D eigenvalue weighted by molar-refractivity contribution is 5.72. The molecule has 0 bridgehead atoms. The average molecular weight is 171 g/mol. The van der Waals surface area contributed by atoms with E-state index >= 15 is 0 Å². The molecule has 1 aliphatic carbocycles. The fourth-order valence-corrected chi connectivity index (χ4v) is 1.95. The third-order valence-electron chi connectivity index (χ3n) is 2.72. The van der Waals surface area contributed by atoms with Crippen LogP contribution in [0.4, 0.5) is 0 Å². The number of carbonyl (C=O) groups is 1. The molecule has 1 saturated carbocycles. The minimum absolute atomic E-state index is 0.0637.